The van der Waals surface area contributed by atoms with Gasteiger partial charge in [-0.2, -0.15) is 0 Å². The highest BCUT2D eigenvalue weighted by Gasteiger charge is 2.35. The van der Waals surface area contributed by atoms with E-state index in [0.717, 1.165) is 24.1 Å². The minimum atomic E-state index is -0.270. The molecule has 3 aromatic rings. The van der Waals surface area contributed by atoms with E-state index < -0.39 is 0 Å². The van der Waals surface area contributed by atoms with Crippen LogP contribution in [0.25, 0.3) is 0 Å². The lowest BCUT2D eigenvalue weighted by Gasteiger charge is -2.27. The number of nitrogens with zero attached hydrogens (tertiary/aromatic N) is 5. The average molecular weight is 452 g/mol. The van der Waals surface area contributed by atoms with Gasteiger partial charge in [0.2, 0.25) is 11.8 Å². The first-order valence-corrected chi connectivity index (χ1v) is 11.3. The second kappa shape index (κ2) is 9.27. The van der Waals surface area contributed by atoms with E-state index in [0.29, 0.717) is 62.6 Å². The van der Waals surface area contributed by atoms with Crippen LogP contribution < -0.4 is 4.90 Å². The summed E-state index contributed by atoms with van der Waals surface area (Å²) in [5.41, 5.74) is 2.07. The molecule has 0 radical (unpaired) electrons. The Balaban J connectivity index is 1.33. The third-order valence-electron chi connectivity index (χ3n) is 6.02. The number of anilines is 1. The number of halogens is 1. The van der Waals surface area contributed by atoms with Crippen LogP contribution in [0.3, 0.4) is 0 Å². The van der Waals surface area contributed by atoms with E-state index in [1.807, 2.05) is 11.8 Å². The number of benzene rings is 1. The zero-order valence-corrected chi connectivity index (χ0v) is 18.5. The second-order valence-corrected chi connectivity index (χ2v) is 8.42. The number of hydrogen-bond donors (Lipinski definition) is 0. The Morgan fingerprint density at radius 1 is 1.15 bits per heavy atom. The fourth-order valence-electron chi connectivity index (χ4n) is 4.34. The van der Waals surface area contributed by atoms with Crippen LogP contribution >= 0.6 is 0 Å². The van der Waals surface area contributed by atoms with Crippen LogP contribution in [0.5, 0.6) is 0 Å². The molecule has 0 aliphatic carbocycles. The highest BCUT2D eigenvalue weighted by atomic mass is 19.1. The standard InChI is InChI=1S/C24H26FN5O3/c1-16-13-20(28-24(27-16)29-9-11-32-12-10-29)23(31)30-8-2-3-21(30)22-26-15-19(33-22)14-17-4-6-18(25)7-5-17/h4-7,13,15,21H,2-3,8-12,14H2,1H3/t21-/m1/s1. The minimum absolute atomic E-state index is 0.143. The molecule has 33 heavy (non-hydrogen) atoms. The molecule has 2 fully saturated rings. The first kappa shape index (κ1) is 21.5. The van der Waals surface area contributed by atoms with Gasteiger partial charge in [0.25, 0.3) is 5.91 Å². The van der Waals surface area contributed by atoms with Gasteiger partial charge in [-0.15, -0.1) is 0 Å². The predicted molar refractivity (Wildman–Crippen MR) is 119 cm³/mol. The summed E-state index contributed by atoms with van der Waals surface area (Å²) in [6.07, 6.45) is 3.85. The summed E-state index contributed by atoms with van der Waals surface area (Å²) in [4.78, 5) is 30.8. The largest absolute Gasteiger partial charge is 0.443 e. The molecule has 0 bridgehead atoms. The number of amides is 1. The molecule has 2 saturated heterocycles. The van der Waals surface area contributed by atoms with Crippen molar-refractivity contribution in [3.63, 3.8) is 0 Å². The van der Waals surface area contributed by atoms with Gasteiger partial charge in [0.1, 0.15) is 23.3 Å². The number of rotatable bonds is 5. The fourth-order valence-corrected chi connectivity index (χ4v) is 4.34. The summed E-state index contributed by atoms with van der Waals surface area (Å²) < 4.78 is 24.6. The fraction of sp³-hybridized carbons (Fsp3) is 0.417. The molecule has 8 nitrogen and oxygen atoms in total. The van der Waals surface area contributed by atoms with Crippen LogP contribution in [0.1, 0.15) is 52.3 Å². The minimum Gasteiger partial charge on any atom is -0.443 e. The van der Waals surface area contributed by atoms with Gasteiger partial charge in [0.15, 0.2) is 0 Å². The first-order valence-electron chi connectivity index (χ1n) is 11.3. The van der Waals surface area contributed by atoms with E-state index in [4.69, 9.17) is 9.15 Å². The molecule has 1 atom stereocenters. The van der Waals surface area contributed by atoms with Crippen LogP contribution in [-0.4, -0.2) is 58.6 Å². The van der Waals surface area contributed by atoms with Crippen molar-refractivity contribution < 1.29 is 18.3 Å². The summed E-state index contributed by atoms with van der Waals surface area (Å²) >= 11 is 0. The number of carbonyl (C=O) groups excluding carboxylic acids is 1. The lowest BCUT2D eigenvalue weighted by atomic mass is 10.1. The zero-order valence-electron chi connectivity index (χ0n) is 18.5. The second-order valence-electron chi connectivity index (χ2n) is 8.42. The molecule has 4 heterocycles. The molecule has 0 N–H and O–H groups in total. The van der Waals surface area contributed by atoms with E-state index in [1.165, 1.54) is 12.1 Å². The van der Waals surface area contributed by atoms with Gasteiger partial charge in [0, 0.05) is 31.7 Å². The highest BCUT2D eigenvalue weighted by Crippen LogP contribution is 2.33. The van der Waals surface area contributed by atoms with Crippen molar-refractivity contribution >= 4 is 11.9 Å². The molecule has 0 spiro atoms. The van der Waals surface area contributed by atoms with Crippen LogP contribution in [0.2, 0.25) is 0 Å². The lowest BCUT2D eigenvalue weighted by molar-refractivity contribution is 0.0708. The molecule has 2 aliphatic heterocycles. The summed E-state index contributed by atoms with van der Waals surface area (Å²) in [5.74, 6) is 1.36. The Hall–Kier alpha value is -3.33. The molecule has 0 unspecified atom stereocenters. The van der Waals surface area contributed by atoms with Gasteiger partial charge >= 0.3 is 0 Å². The molecular formula is C24H26FN5O3. The summed E-state index contributed by atoms with van der Waals surface area (Å²) in [7, 11) is 0. The topological polar surface area (TPSA) is 84.6 Å². The van der Waals surface area contributed by atoms with Gasteiger partial charge in [0.05, 0.1) is 19.4 Å². The summed E-state index contributed by atoms with van der Waals surface area (Å²) in [5, 5.41) is 0. The van der Waals surface area contributed by atoms with Crippen LogP contribution in [0, 0.1) is 12.7 Å². The number of aryl methyl sites for hydroxylation is 1. The number of hydrogen-bond acceptors (Lipinski definition) is 7. The predicted octanol–water partition coefficient (Wildman–Crippen LogP) is 3.32. The van der Waals surface area contributed by atoms with Gasteiger partial charge in [-0.25, -0.2) is 19.3 Å². The van der Waals surface area contributed by atoms with Gasteiger partial charge < -0.3 is 19.0 Å². The van der Waals surface area contributed by atoms with E-state index in [1.54, 1.807) is 29.3 Å². The number of carbonyl (C=O) groups is 1. The molecule has 2 aromatic heterocycles. The lowest BCUT2D eigenvalue weighted by Crippen LogP contribution is -2.38. The molecule has 9 heteroatoms. The van der Waals surface area contributed by atoms with Crippen LogP contribution in [-0.2, 0) is 11.2 Å². The monoisotopic (exact) mass is 451 g/mol. The Bertz CT molecular complexity index is 1130. The molecule has 5 rings (SSSR count). The molecule has 1 amide bonds. The van der Waals surface area contributed by atoms with E-state index in [2.05, 4.69) is 15.0 Å². The quantitative estimate of drug-likeness (QED) is 0.588. The van der Waals surface area contributed by atoms with E-state index in [9.17, 15) is 9.18 Å². The van der Waals surface area contributed by atoms with Crippen molar-refractivity contribution in [2.75, 3.05) is 37.7 Å². The Morgan fingerprint density at radius 3 is 2.73 bits per heavy atom. The normalized spacial score (nSPS) is 18.7. The number of likely N-dealkylation sites (tertiary alicyclic amines) is 1. The molecular weight excluding hydrogens is 425 g/mol. The Morgan fingerprint density at radius 2 is 1.94 bits per heavy atom. The maximum Gasteiger partial charge on any atom is 0.273 e. The molecule has 0 saturated carbocycles. The van der Waals surface area contributed by atoms with Crippen molar-refractivity contribution in [1.82, 2.24) is 19.9 Å². The van der Waals surface area contributed by atoms with Crippen molar-refractivity contribution in [2.24, 2.45) is 0 Å². The first-order chi connectivity index (χ1) is 16.1. The van der Waals surface area contributed by atoms with Crippen molar-refractivity contribution in [2.45, 2.75) is 32.2 Å². The Labute approximate surface area is 191 Å². The van der Waals surface area contributed by atoms with E-state index >= 15 is 0 Å². The Kier molecular flexibility index (Phi) is 6.04. The number of morpholine rings is 1. The molecule has 172 valence electrons. The number of oxazole rings is 1. The number of aromatic nitrogens is 3. The zero-order chi connectivity index (χ0) is 22.8. The maximum absolute atomic E-state index is 13.4. The summed E-state index contributed by atoms with van der Waals surface area (Å²) in [6.45, 7) is 5.15. The van der Waals surface area contributed by atoms with Gasteiger partial charge in [-0.1, -0.05) is 12.1 Å². The van der Waals surface area contributed by atoms with Gasteiger partial charge in [-0.05, 0) is 43.5 Å². The smallest absolute Gasteiger partial charge is 0.273 e. The maximum atomic E-state index is 13.4. The average Bonchev–Trinajstić information content (AvgIpc) is 3.50. The summed E-state index contributed by atoms with van der Waals surface area (Å²) in [6, 6.07) is 7.81. The van der Waals surface area contributed by atoms with Crippen molar-refractivity contribution in [3.8, 4) is 0 Å². The van der Waals surface area contributed by atoms with Crippen molar-refractivity contribution in [1.29, 1.82) is 0 Å². The van der Waals surface area contributed by atoms with Crippen molar-refractivity contribution in [3.05, 3.63) is 70.9 Å². The third kappa shape index (κ3) is 4.73. The van der Waals surface area contributed by atoms with Gasteiger partial charge in [-0.3, -0.25) is 4.79 Å². The SMILES string of the molecule is Cc1cc(C(=O)N2CCC[C@@H]2c2ncc(Cc3ccc(F)cc3)o2)nc(N2CCOCC2)n1. The highest BCUT2D eigenvalue weighted by molar-refractivity contribution is 5.93. The van der Waals surface area contributed by atoms with Crippen LogP contribution in [0.15, 0.2) is 40.9 Å². The van der Waals surface area contributed by atoms with E-state index in [-0.39, 0.29) is 17.8 Å². The molecule has 2 aliphatic rings. The third-order valence-corrected chi connectivity index (χ3v) is 6.02. The van der Waals surface area contributed by atoms with Crippen LogP contribution in [0.4, 0.5) is 10.3 Å². The number of ether oxygens (including phenoxy) is 1. The molecule has 1 aromatic carbocycles.